The first-order valence-corrected chi connectivity index (χ1v) is 6.58. The summed E-state index contributed by atoms with van der Waals surface area (Å²) < 4.78 is 0. The molecule has 3 aromatic heterocycles. The number of nitrogens with zero attached hydrogens (tertiary/aromatic N) is 4. The van der Waals surface area contributed by atoms with Gasteiger partial charge in [0.2, 0.25) is 0 Å². The van der Waals surface area contributed by atoms with Gasteiger partial charge in [-0.2, -0.15) is 5.10 Å². The van der Waals surface area contributed by atoms with Gasteiger partial charge in [-0.25, -0.2) is 9.97 Å². The third-order valence-corrected chi connectivity index (χ3v) is 3.55. The van der Waals surface area contributed by atoms with Crippen LogP contribution in [-0.4, -0.2) is 39.3 Å². The van der Waals surface area contributed by atoms with E-state index in [1.165, 1.54) is 0 Å². The molecule has 0 saturated carbocycles. The third kappa shape index (κ3) is 1.73. The van der Waals surface area contributed by atoms with Crippen LogP contribution in [0.15, 0.2) is 36.5 Å². The standard InChI is InChI=1S/C14H14N6/c15-9-7-20(8-9)12-5-1-4-11(17-12)13-10-3-2-6-16-14(10)19-18-13/h1-6,9H,7-8,15H2,(H,16,18,19). The van der Waals surface area contributed by atoms with E-state index in [1.807, 2.05) is 30.3 Å². The van der Waals surface area contributed by atoms with Crippen molar-refractivity contribution in [1.29, 1.82) is 0 Å². The zero-order chi connectivity index (χ0) is 13.5. The minimum Gasteiger partial charge on any atom is -0.353 e. The van der Waals surface area contributed by atoms with Gasteiger partial charge in [0, 0.05) is 30.7 Å². The van der Waals surface area contributed by atoms with E-state index in [0.717, 1.165) is 41.3 Å². The Hall–Kier alpha value is -2.47. The summed E-state index contributed by atoms with van der Waals surface area (Å²) in [5, 5.41) is 8.25. The van der Waals surface area contributed by atoms with Crippen LogP contribution in [-0.2, 0) is 0 Å². The molecule has 3 aromatic rings. The second-order valence-corrected chi connectivity index (χ2v) is 5.02. The zero-order valence-electron chi connectivity index (χ0n) is 10.8. The van der Waals surface area contributed by atoms with Crippen LogP contribution in [0.1, 0.15) is 0 Å². The normalized spacial score (nSPS) is 15.6. The highest BCUT2D eigenvalue weighted by molar-refractivity contribution is 5.89. The number of rotatable bonds is 2. The Bertz CT molecular complexity index is 759. The van der Waals surface area contributed by atoms with E-state index in [-0.39, 0.29) is 6.04 Å². The Labute approximate surface area is 115 Å². The molecule has 0 atom stereocenters. The molecule has 0 amide bonds. The van der Waals surface area contributed by atoms with Gasteiger partial charge in [-0.3, -0.25) is 5.10 Å². The highest BCUT2D eigenvalue weighted by atomic mass is 15.3. The predicted octanol–water partition coefficient (Wildman–Crippen LogP) is 1.17. The number of hydrogen-bond acceptors (Lipinski definition) is 5. The van der Waals surface area contributed by atoms with Gasteiger partial charge >= 0.3 is 0 Å². The summed E-state index contributed by atoms with van der Waals surface area (Å²) in [5.41, 5.74) is 8.28. The monoisotopic (exact) mass is 266 g/mol. The van der Waals surface area contributed by atoms with Gasteiger partial charge in [-0.1, -0.05) is 6.07 Å². The van der Waals surface area contributed by atoms with Crippen molar-refractivity contribution in [3.05, 3.63) is 36.5 Å². The molecule has 6 nitrogen and oxygen atoms in total. The molecule has 0 bridgehead atoms. The van der Waals surface area contributed by atoms with Gasteiger partial charge in [-0.05, 0) is 24.3 Å². The van der Waals surface area contributed by atoms with Gasteiger partial charge in [0.05, 0.1) is 5.69 Å². The summed E-state index contributed by atoms with van der Waals surface area (Å²) in [6, 6.07) is 10.1. The number of H-pyrrole nitrogens is 1. The van der Waals surface area contributed by atoms with Crippen molar-refractivity contribution in [2.45, 2.75) is 6.04 Å². The van der Waals surface area contributed by atoms with Crippen molar-refractivity contribution in [3.63, 3.8) is 0 Å². The third-order valence-electron chi connectivity index (χ3n) is 3.55. The summed E-state index contributed by atoms with van der Waals surface area (Å²) in [7, 11) is 0. The lowest BCUT2D eigenvalue weighted by Crippen LogP contribution is -2.56. The molecule has 1 aliphatic heterocycles. The van der Waals surface area contributed by atoms with Crippen LogP contribution in [0.4, 0.5) is 5.82 Å². The van der Waals surface area contributed by atoms with E-state index in [2.05, 4.69) is 25.1 Å². The fourth-order valence-electron chi connectivity index (χ4n) is 2.48. The molecule has 0 aromatic carbocycles. The van der Waals surface area contributed by atoms with Gasteiger partial charge in [0.15, 0.2) is 5.65 Å². The number of aromatic amines is 1. The molecular weight excluding hydrogens is 252 g/mol. The summed E-state index contributed by atoms with van der Waals surface area (Å²) >= 11 is 0. The minimum atomic E-state index is 0.260. The highest BCUT2D eigenvalue weighted by Gasteiger charge is 2.24. The van der Waals surface area contributed by atoms with Crippen LogP contribution in [0.3, 0.4) is 0 Å². The van der Waals surface area contributed by atoms with Crippen LogP contribution >= 0.6 is 0 Å². The average molecular weight is 266 g/mol. The first-order valence-electron chi connectivity index (χ1n) is 6.58. The number of nitrogens with two attached hydrogens (primary N) is 1. The quantitative estimate of drug-likeness (QED) is 0.727. The summed E-state index contributed by atoms with van der Waals surface area (Å²) in [6.45, 7) is 1.72. The van der Waals surface area contributed by atoms with E-state index < -0.39 is 0 Å². The van der Waals surface area contributed by atoms with Gasteiger partial charge in [0.25, 0.3) is 0 Å². The van der Waals surface area contributed by atoms with Crippen molar-refractivity contribution in [2.75, 3.05) is 18.0 Å². The van der Waals surface area contributed by atoms with Crippen LogP contribution in [0.5, 0.6) is 0 Å². The molecular formula is C14H14N6. The first-order chi connectivity index (χ1) is 9.81. The molecule has 0 aliphatic carbocycles. The molecule has 4 rings (SSSR count). The molecule has 0 unspecified atom stereocenters. The molecule has 3 N–H and O–H groups in total. The Morgan fingerprint density at radius 3 is 2.95 bits per heavy atom. The molecule has 1 aliphatic rings. The first kappa shape index (κ1) is 11.4. The second-order valence-electron chi connectivity index (χ2n) is 5.02. The number of aromatic nitrogens is 4. The van der Waals surface area contributed by atoms with Gasteiger partial charge in [-0.15, -0.1) is 0 Å². The number of anilines is 1. The molecule has 0 spiro atoms. The maximum Gasteiger partial charge on any atom is 0.155 e. The zero-order valence-corrected chi connectivity index (χ0v) is 10.8. The average Bonchev–Trinajstić information content (AvgIpc) is 2.88. The summed E-state index contributed by atoms with van der Waals surface area (Å²) in [4.78, 5) is 11.1. The van der Waals surface area contributed by atoms with Crippen molar-refractivity contribution in [3.8, 4) is 11.4 Å². The maximum atomic E-state index is 5.82. The minimum absolute atomic E-state index is 0.260. The number of pyridine rings is 2. The number of nitrogens with one attached hydrogen (secondary N) is 1. The van der Waals surface area contributed by atoms with E-state index >= 15 is 0 Å². The highest BCUT2D eigenvalue weighted by Crippen LogP contribution is 2.26. The van der Waals surface area contributed by atoms with Crippen molar-refractivity contribution in [2.24, 2.45) is 5.73 Å². The fraction of sp³-hybridized carbons (Fsp3) is 0.214. The fourth-order valence-corrected chi connectivity index (χ4v) is 2.48. The molecule has 1 fully saturated rings. The molecule has 4 heterocycles. The Balaban J connectivity index is 1.76. The summed E-state index contributed by atoms with van der Waals surface area (Å²) in [6.07, 6.45) is 1.75. The molecule has 1 saturated heterocycles. The second kappa shape index (κ2) is 4.28. The topological polar surface area (TPSA) is 83.7 Å². The summed E-state index contributed by atoms with van der Waals surface area (Å²) in [5.74, 6) is 0.948. The van der Waals surface area contributed by atoms with E-state index in [9.17, 15) is 0 Å². The predicted molar refractivity (Wildman–Crippen MR) is 77.3 cm³/mol. The lowest BCUT2D eigenvalue weighted by molar-refractivity contribution is 0.515. The largest absolute Gasteiger partial charge is 0.353 e. The smallest absolute Gasteiger partial charge is 0.155 e. The lowest BCUT2D eigenvalue weighted by atomic mass is 10.1. The van der Waals surface area contributed by atoms with E-state index in [4.69, 9.17) is 5.73 Å². The maximum absolute atomic E-state index is 5.82. The van der Waals surface area contributed by atoms with Gasteiger partial charge in [0.1, 0.15) is 11.5 Å². The SMILES string of the molecule is NC1CN(c2cccc(-c3n[nH]c4ncccc34)n2)C1. The molecule has 20 heavy (non-hydrogen) atoms. The van der Waals surface area contributed by atoms with Crippen molar-refractivity contribution in [1.82, 2.24) is 20.2 Å². The molecule has 100 valence electrons. The number of fused-ring (bicyclic) bond motifs is 1. The van der Waals surface area contributed by atoms with Gasteiger partial charge < -0.3 is 10.6 Å². The Morgan fingerprint density at radius 1 is 1.20 bits per heavy atom. The number of hydrogen-bond donors (Lipinski definition) is 2. The van der Waals surface area contributed by atoms with E-state index in [1.54, 1.807) is 6.20 Å². The molecule has 0 radical (unpaired) electrons. The van der Waals surface area contributed by atoms with Crippen LogP contribution in [0.25, 0.3) is 22.4 Å². The van der Waals surface area contributed by atoms with Crippen LogP contribution in [0.2, 0.25) is 0 Å². The van der Waals surface area contributed by atoms with Crippen molar-refractivity contribution >= 4 is 16.9 Å². The lowest BCUT2D eigenvalue weighted by Gasteiger charge is -2.37. The van der Waals surface area contributed by atoms with E-state index in [0.29, 0.717) is 0 Å². The van der Waals surface area contributed by atoms with Crippen LogP contribution in [0, 0.1) is 0 Å². The Morgan fingerprint density at radius 2 is 2.10 bits per heavy atom. The Kier molecular flexibility index (Phi) is 2.43. The van der Waals surface area contributed by atoms with Crippen LogP contribution < -0.4 is 10.6 Å². The van der Waals surface area contributed by atoms with Crippen molar-refractivity contribution < 1.29 is 0 Å². The molecule has 6 heteroatoms.